The van der Waals surface area contributed by atoms with Gasteiger partial charge in [0.1, 0.15) is 0 Å². The molecule has 0 aliphatic heterocycles. The number of hydrogen-bond donors (Lipinski definition) is 1. The van der Waals surface area contributed by atoms with Gasteiger partial charge in [0.25, 0.3) is 0 Å². The smallest absolute Gasteiger partial charge is 0.0867 e. The first kappa shape index (κ1) is 11.0. The maximum Gasteiger partial charge on any atom is 0.0867 e. The summed E-state index contributed by atoms with van der Waals surface area (Å²) in [5, 5.41) is 11.5. The highest BCUT2D eigenvalue weighted by Crippen LogP contribution is 2.23. The van der Waals surface area contributed by atoms with Crippen LogP contribution in [-0.2, 0) is 4.74 Å². The molecule has 0 amide bonds. The second-order valence-electron chi connectivity index (χ2n) is 2.56. The molecule has 0 radical (unpaired) electrons. The van der Waals surface area contributed by atoms with Crippen molar-refractivity contribution in [2.75, 3.05) is 19.0 Å². The molecule has 0 aromatic carbocycles. The van der Waals surface area contributed by atoms with E-state index >= 15 is 0 Å². The fourth-order valence-corrected chi connectivity index (χ4v) is 2.54. The number of thiophene rings is 1. The van der Waals surface area contributed by atoms with E-state index in [0.717, 1.165) is 0 Å². The molecule has 1 heterocycles. The average Bonchev–Trinajstić information content (AvgIpc) is 2.64. The van der Waals surface area contributed by atoms with Gasteiger partial charge in [0.2, 0.25) is 0 Å². The maximum atomic E-state index is 9.44. The van der Waals surface area contributed by atoms with E-state index in [0.29, 0.717) is 19.0 Å². The Morgan fingerprint density at radius 1 is 1.69 bits per heavy atom. The van der Waals surface area contributed by atoms with Gasteiger partial charge in [-0.2, -0.15) is 0 Å². The summed E-state index contributed by atoms with van der Waals surface area (Å²) in [7, 11) is 0. The number of hydrogen-bond acceptors (Lipinski definition) is 4. The maximum absolute atomic E-state index is 9.44. The van der Waals surface area contributed by atoms with Crippen molar-refractivity contribution in [1.82, 2.24) is 0 Å². The van der Waals surface area contributed by atoms with Gasteiger partial charge in [0.15, 0.2) is 0 Å². The molecule has 0 aliphatic carbocycles. The first-order chi connectivity index (χ1) is 6.33. The summed E-state index contributed by atoms with van der Waals surface area (Å²) in [6.45, 7) is 3.04. The predicted octanol–water partition coefficient (Wildman–Crippen LogP) is 2.24. The van der Waals surface area contributed by atoms with Crippen molar-refractivity contribution in [3.8, 4) is 0 Å². The Morgan fingerprint density at radius 2 is 2.54 bits per heavy atom. The summed E-state index contributed by atoms with van der Waals surface area (Å²) >= 11 is 3.37. The fraction of sp³-hybridized carbons (Fsp3) is 0.556. The Hall–Kier alpha value is -0.0300. The molecule has 0 bridgehead atoms. The van der Waals surface area contributed by atoms with E-state index < -0.39 is 0 Å². The fourth-order valence-electron chi connectivity index (χ4n) is 0.826. The van der Waals surface area contributed by atoms with E-state index in [1.54, 1.807) is 23.1 Å². The zero-order chi connectivity index (χ0) is 9.52. The standard InChI is InChI=1S/C9H14O2S2/c1-2-11-6-8(10)7-13-9-4-3-5-12-9/h3-5,8,10H,2,6-7H2,1H3. The van der Waals surface area contributed by atoms with Crippen molar-refractivity contribution in [3.63, 3.8) is 0 Å². The van der Waals surface area contributed by atoms with Crippen LogP contribution in [0.2, 0.25) is 0 Å². The van der Waals surface area contributed by atoms with Crippen LogP contribution >= 0.6 is 23.1 Å². The van der Waals surface area contributed by atoms with Crippen molar-refractivity contribution in [2.24, 2.45) is 0 Å². The molecule has 74 valence electrons. The summed E-state index contributed by atoms with van der Waals surface area (Å²) < 4.78 is 6.35. The molecule has 0 fully saturated rings. The molecule has 1 aromatic rings. The van der Waals surface area contributed by atoms with Crippen LogP contribution in [0.1, 0.15) is 6.92 Å². The van der Waals surface area contributed by atoms with Gasteiger partial charge in [-0.1, -0.05) is 6.07 Å². The molecule has 0 aliphatic rings. The topological polar surface area (TPSA) is 29.5 Å². The summed E-state index contributed by atoms with van der Waals surface area (Å²) in [5.41, 5.74) is 0. The van der Waals surface area contributed by atoms with Gasteiger partial charge in [-0.25, -0.2) is 0 Å². The van der Waals surface area contributed by atoms with Gasteiger partial charge in [-0.3, -0.25) is 0 Å². The van der Waals surface area contributed by atoms with Crippen LogP contribution in [0, 0.1) is 0 Å². The summed E-state index contributed by atoms with van der Waals surface area (Å²) in [4.78, 5) is 0. The molecule has 0 saturated heterocycles. The normalized spacial score (nSPS) is 13.1. The van der Waals surface area contributed by atoms with Crippen LogP contribution in [0.3, 0.4) is 0 Å². The molecule has 2 nitrogen and oxygen atoms in total. The zero-order valence-corrected chi connectivity index (χ0v) is 9.24. The molecule has 1 rings (SSSR count). The highest BCUT2D eigenvalue weighted by atomic mass is 32.2. The SMILES string of the molecule is CCOCC(O)CSc1cccs1. The minimum atomic E-state index is -0.355. The third kappa shape index (κ3) is 4.67. The lowest BCUT2D eigenvalue weighted by atomic mass is 10.4. The third-order valence-corrected chi connectivity index (χ3v) is 3.70. The van der Waals surface area contributed by atoms with Gasteiger partial charge in [-0.05, 0) is 18.4 Å². The second kappa shape index (κ2) is 6.43. The van der Waals surface area contributed by atoms with Gasteiger partial charge >= 0.3 is 0 Å². The van der Waals surface area contributed by atoms with Crippen LogP contribution in [0.25, 0.3) is 0 Å². The van der Waals surface area contributed by atoms with Crippen LogP contribution < -0.4 is 0 Å². The summed E-state index contributed by atoms with van der Waals surface area (Å²) in [5.74, 6) is 0.709. The van der Waals surface area contributed by atoms with Gasteiger partial charge in [-0.15, -0.1) is 23.1 Å². The van der Waals surface area contributed by atoms with Crippen LogP contribution in [0.4, 0.5) is 0 Å². The molecule has 1 aromatic heterocycles. The molecule has 13 heavy (non-hydrogen) atoms. The van der Waals surface area contributed by atoms with Crippen molar-refractivity contribution < 1.29 is 9.84 Å². The molecule has 1 N–H and O–H groups in total. The van der Waals surface area contributed by atoms with E-state index in [-0.39, 0.29) is 6.10 Å². The first-order valence-electron chi connectivity index (χ1n) is 4.25. The Morgan fingerprint density at radius 3 is 3.15 bits per heavy atom. The van der Waals surface area contributed by atoms with E-state index in [1.807, 2.05) is 18.4 Å². The first-order valence-corrected chi connectivity index (χ1v) is 6.11. The number of rotatable bonds is 6. The highest BCUT2D eigenvalue weighted by Gasteiger charge is 2.04. The van der Waals surface area contributed by atoms with Crippen LogP contribution in [-0.4, -0.2) is 30.2 Å². The number of aliphatic hydroxyl groups excluding tert-OH is 1. The van der Waals surface area contributed by atoms with Crippen LogP contribution in [0.5, 0.6) is 0 Å². The monoisotopic (exact) mass is 218 g/mol. The minimum Gasteiger partial charge on any atom is -0.390 e. The lowest BCUT2D eigenvalue weighted by Crippen LogP contribution is -2.17. The highest BCUT2D eigenvalue weighted by molar-refractivity contribution is 8.01. The average molecular weight is 218 g/mol. The van der Waals surface area contributed by atoms with Gasteiger partial charge in [0.05, 0.1) is 16.9 Å². The predicted molar refractivity (Wildman–Crippen MR) is 57.5 cm³/mol. The molecule has 1 atom stereocenters. The Labute approximate surface area is 86.9 Å². The van der Waals surface area contributed by atoms with E-state index in [2.05, 4.69) is 6.07 Å². The molecule has 1 unspecified atom stereocenters. The Balaban J connectivity index is 2.11. The zero-order valence-electron chi connectivity index (χ0n) is 7.60. The third-order valence-electron chi connectivity index (χ3n) is 1.43. The van der Waals surface area contributed by atoms with Crippen molar-refractivity contribution >= 4 is 23.1 Å². The molecule has 4 heteroatoms. The summed E-state index contributed by atoms with van der Waals surface area (Å²) in [6.07, 6.45) is -0.355. The van der Waals surface area contributed by atoms with Crippen molar-refractivity contribution in [1.29, 1.82) is 0 Å². The van der Waals surface area contributed by atoms with Gasteiger partial charge in [0, 0.05) is 12.4 Å². The molecule has 0 spiro atoms. The van der Waals surface area contributed by atoms with E-state index in [9.17, 15) is 5.11 Å². The van der Waals surface area contributed by atoms with Crippen molar-refractivity contribution in [3.05, 3.63) is 17.5 Å². The summed E-state index contributed by atoms with van der Waals surface area (Å²) in [6, 6.07) is 4.07. The Kier molecular flexibility index (Phi) is 5.46. The second-order valence-corrected chi connectivity index (χ2v) is 4.82. The van der Waals surface area contributed by atoms with E-state index in [1.165, 1.54) is 4.21 Å². The number of aliphatic hydroxyl groups is 1. The Bertz CT molecular complexity index is 211. The van der Waals surface area contributed by atoms with Crippen molar-refractivity contribution in [2.45, 2.75) is 17.2 Å². The largest absolute Gasteiger partial charge is 0.390 e. The van der Waals surface area contributed by atoms with Crippen LogP contribution in [0.15, 0.2) is 21.7 Å². The molecular formula is C9H14O2S2. The minimum absolute atomic E-state index is 0.355. The lowest BCUT2D eigenvalue weighted by molar-refractivity contribution is 0.0551. The van der Waals surface area contributed by atoms with Gasteiger partial charge < -0.3 is 9.84 Å². The number of thioether (sulfide) groups is 1. The molecule has 0 saturated carbocycles. The number of ether oxygens (including phenoxy) is 1. The lowest BCUT2D eigenvalue weighted by Gasteiger charge is -2.08. The quantitative estimate of drug-likeness (QED) is 0.743. The van der Waals surface area contributed by atoms with E-state index in [4.69, 9.17) is 4.74 Å². The molecular weight excluding hydrogens is 204 g/mol.